The van der Waals surface area contributed by atoms with E-state index in [9.17, 15) is 17.6 Å². The minimum absolute atomic E-state index is 0.0586. The molecule has 2 rings (SSSR count). The van der Waals surface area contributed by atoms with Crippen molar-refractivity contribution >= 4 is 15.9 Å². The highest BCUT2D eigenvalue weighted by atomic mass is 32.2. The van der Waals surface area contributed by atoms with E-state index in [2.05, 4.69) is 11.9 Å². The summed E-state index contributed by atoms with van der Waals surface area (Å²) in [6.45, 7) is 6.53. The predicted octanol–water partition coefficient (Wildman–Crippen LogP) is 2.16. The van der Waals surface area contributed by atoms with Gasteiger partial charge in [0, 0.05) is 19.6 Å². The molecule has 0 spiro atoms. The molecular weight excluding hydrogens is 319 g/mol. The number of carbonyl (C=O) groups excluding carboxylic acids is 1. The molecule has 1 heterocycles. The molecule has 1 fully saturated rings. The number of hydrogen-bond donors (Lipinski definition) is 1. The Morgan fingerprint density at radius 3 is 2.91 bits per heavy atom. The van der Waals surface area contributed by atoms with Crippen molar-refractivity contribution in [3.05, 3.63) is 42.2 Å². The summed E-state index contributed by atoms with van der Waals surface area (Å²) in [7, 11) is -3.72. The smallest absolute Gasteiger partial charge is 0.254 e. The maximum absolute atomic E-state index is 13.8. The van der Waals surface area contributed by atoms with Crippen LogP contribution in [0.15, 0.2) is 35.7 Å². The number of hydrogen-bond acceptors (Lipinski definition) is 3. The summed E-state index contributed by atoms with van der Waals surface area (Å²) >= 11 is 0. The quantitative estimate of drug-likeness (QED) is 0.836. The first-order valence-electron chi connectivity index (χ1n) is 7.55. The van der Waals surface area contributed by atoms with E-state index in [1.54, 1.807) is 0 Å². The molecule has 7 heteroatoms. The van der Waals surface area contributed by atoms with Gasteiger partial charge in [-0.2, -0.15) is 4.31 Å². The molecule has 5 nitrogen and oxygen atoms in total. The van der Waals surface area contributed by atoms with E-state index in [0.29, 0.717) is 13.1 Å². The highest BCUT2D eigenvalue weighted by Crippen LogP contribution is 2.24. The van der Waals surface area contributed by atoms with Gasteiger partial charge in [-0.3, -0.25) is 4.79 Å². The Kier molecular flexibility index (Phi) is 5.54. The van der Waals surface area contributed by atoms with Crippen molar-refractivity contribution in [3.63, 3.8) is 0 Å². The number of rotatable bonds is 5. The van der Waals surface area contributed by atoms with E-state index >= 15 is 0 Å². The van der Waals surface area contributed by atoms with E-state index in [1.807, 2.05) is 6.92 Å². The molecule has 1 aliphatic rings. The van der Waals surface area contributed by atoms with Gasteiger partial charge < -0.3 is 5.32 Å². The first-order valence-corrected chi connectivity index (χ1v) is 8.99. The van der Waals surface area contributed by atoms with E-state index < -0.39 is 21.7 Å². The molecular formula is C16H21FN2O3S. The van der Waals surface area contributed by atoms with E-state index in [-0.39, 0.29) is 22.9 Å². The second-order valence-corrected chi connectivity index (χ2v) is 7.69. The lowest BCUT2D eigenvalue weighted by atomic mass is 10.0. The molecule has 0 aromatic heterocycles. The topological polar surface area (TPSA) is 66.5 Å². The molecule has 0 bridgehead atoms. The molecule has 1 amide bonds. The van der Waals surface area contributed by atoms with Gasteiger partial charge in [-0.05, 0) is 37.0 Å². The molecule has 126 valence electrons. The number of nitrogens with zero attached hydrogens (tertiary/aromatic N) is 1. The highest BCUT2D eigenvalue weighted by molar-refractivity contribution is 7.89. The summed E-state index contributed by atoms with van der Waals surface area (Å²) in [6, 6.07) is 3.32. The molecule has 0 aliphatic carbocycles. The van der Waals surface area contributed by atoms with E-state index in [0.717, 1.165) is 25.0 Å². The summed E-state index contributed by atoms with van der Waals surface area (Å²) in [5, 5.41) is 2.45. The van der Waals surface area contributed by atoms with Crippen LogP contribution < -0.4 is 5.32 Å². The van der Waals surface area contributed by atoms with Gasteiger partial charge in [0.25, 0.3) is 5.91 Å². The Morgan fingerprint density at radius 2 is 2.26 bits per heavy atom. The number of amides is 1. The van der Waals surface area contributed by atoms with Gasteiger partial charge in [-0.1, -0.05) is 13.0 Å². The van der Waals surface area contributed by atoms with E-state index in [1.165, 1.54) is 16.4 Å². The summed E-state index contributed by atoms with van der Waals surface area (Å²) < 4.78 is 40.6. The Morgan fingerprint density at radius 1 is 1.52 bits per heavy atom. The maximum Gasteiger partial charge on any atom is 0.254 e. The van der Waals surface area contributed by atoms with Crippen molar-refractivity contribution in [2.24, 2.45) is 5.92 Å². The first-order chi connectivity index (χ1) is 10.9. The van der Waals surface area contributed by atoms with Crippen LogP contribution in [0.4, 0.5) is 4.39 Å². The van der Waals surface area contributed by atoms with Crippen molar-refractivity contribution in [2.75, 3.05) is 19.6 Å². The number of sulfonamides is 1. The van der Waals surface area contributed by atoms with Crippen molar-refractivity contribution in [1.82, 2.24) is 9.62 Å². The van der Waals surface area contributed by atoms with Crippen LogP contribution in [0.25, 0.3) is 0 Å². The van der Waals surface area contributed by atoms with Gasteiger partial charge in [0.05, 0.1) is 10.5 Å². The maximum atomic E-state index is 13.8. The largest absolute Gasteiger partial charge is 0.348 e. The average Bonchev–Trinajstić information content (AvgIpc) is 2.52. The van der Waals surface area contributed by atoms with E-state index in [4.69, 9.17) is 0 Å². The van der Waals surface area contributed by atoms with Gasteiger partial charge in [-0.15, -0.1) is 6.58 Å². The average molecular weight is 340 g/mol. The lowest BCUT2D eigenvalue weighted by molar-refractivity contribution is 0.0953. The predicted molar refractivity (Wildman–Crippen MR) is 86.1 cm³/mol. The number of halogens is 1. The van der Waals surface area contributed by atoms with Crippen LogP contribution in [0.5, 0.6) is 0 Å². The zero-order valence-electron chi connectivity index (χ0n) is 13.1. The van der Waals surface area contributed by atoms with Gasteiger partial charge in [0.15, 0.2) is 0 Å². The fourth-order valence-corrected chi connectivity index (χ4v) is 4.24. The van der Waals surface area contributed by atoms with Crippen LogP contribution in [-0.4, -0.2) is 38.3 Å². The van der Waals surface area contributed by atoms with Crippen LogP contribution in [0.1, 0.15) is 30.1 Å². The molecule has 1 aromatic carbocycles. The third-order valence-electron chi connectivity index (χ3n) is 3.85. The lowest BCUT2D eigenvalue weighted by Gasteiger charge is -2.30. The van der Waals surface area contributed by atoms with Crippen molar-refractivity contribution < 1.29 is 17.6 Å². The van der Waals surface area contributed by atoms with Crippen LogP contribution in [0.2, 0.25) is 0 Å². The lowest BCUT2D eigenvalue weighted by Crippen LogP contribution is -2.39. The van der Waals surface area contributed by atoms with Crippen molar-refractivity contribution in [2.45, 2.75) is 24.7 Å². The normalized spacial score (nSPS) is 19.3. The minimum atomic E-state index is -3.72. The zero-order chi connectivity index (χ0) is 17.0. The van der Waals surface area contributed by atoms with Gasteiger partial charge in [-0.25, -0.2) is 12.8 Å². The van der Waals surface area contributed by atoms with Gasteiger partial charge >= 0.3 is 0 Å². The number of piperidine rings is 1. The minimum Gasteiger partial charge on any atom is -0.348 e. The molecule has 1 aromatic rings. The molecule has 1 atom stereocenters. The van der Waals surface area contributed by atoms with Crippen LogP contribution >= 0.6 is 0 Å². The SMILES string of the molecule is C=CCNC(=O)c1cc(S(=O)(=O)N2CCCC(C)C2)ccc1F. The van der Waals surface area contributed by atoms with Crippen molar-refractivity contribution in [3.8, 4) is 0 Å². The second kappa shape index (κ2) is 7.23. The van der Waals surface area contributed by atoms with Crippen LogP contribution in [0, 0.1) is 11.7 Å². The Labute approximate surface area is 136 Å². The molecule has 0 saturated carbocycles. The molecule has 1 unspecified atom stereocenters. The first kappa shape index (κ1) is 17.6. The van der Waals surface area contributed by atoms with Gasteiger partial charge in [0.1, 0.15) is 5.82 Å². The number of nitrogens with one attached hydrogen (secondary N) is 1. The molecule has 23 heavy (non-hydrogen) atoms. The number of carbonyl (C=O) groups is 1. The number of benzene rings is 1. The zero-order valence-corrected chi connectivity index (χ0v) is 13.9. The van der Waals surface area contributed by atoms with Crippen molar-refractivity contribution in [1.29, 1.82) is 0 Å². The Hall–Kier alpha value is -1.73. The van der Waals surface area contributed by atoms with Gasteiger partial charge in [0.2, 0.25) is 10.0 Å². The molecule has 1 saturated heterocycles. The third kappa shape index (κ3) is 3.97. The third-order valence-corrected chi connectivity index (χ3v) is 5.71. The fourth-order valence-electron chi connectivity index (χ4n) is 2.61. The monoisotopic (exact) mass is 340 g/mol. The Balaban J connectivity index is 2.32. The molecule has 1 aliphatic heterocycles. The Bertz CT molecular complexity index is 703. The summed E-state index contributed by atoms with van der Waals surface area (Å²) in [5.41, 5.74) is -0.280. The van der Waals surface area contributed by atoms with Crippen LogP contribution in [0.3, 0.4) is 0 Å². The fraction of sp³-hybridized carbons (Fsp3) is 0.438. The summed E-state index contributed by atoms with van der Waals surface area (Å²) in [4.78, 5) is 11.9. The summed E-state index contributed by atoms with van der Waals surface area (Å²) in [6.07, 6.45) is 3.25. The molecule has 1 N–H and O–H groups in total. The second-order valence-electron chi connectivity index (χ2n) is 5.75. The highest BCUT2D eigenvalue weighted by Gasteiger charge is 2.29. The standard InChI is InChI=1S/C16H21FN2O3S/c1-3-8-18-16(20)14-10-13(6-7-15(14)17)23(21,22)19-9-4-5-12(2)11-19/h3,6-7,10,12H,1,4-5,8-9,11H2,2H3,(H,18,20). The molecule has 0 radical (unpaired) electrons. The van der Waals surface area contributed by atoms with Crippen LogP contribution in [-0.2, 0) is 10.0 Å². The summed E-state index contributed by atoms with van der Waals surface area (Å²) in [5.74, 6) is -1.13.